The molecule has 2 heterocycles. The second kappa shape index (κ2) is 6.04. The third-order valence-electron chi connectivity index (χ3n) is 4.68. The first-order valence-corrected chi connectivity index (χ1v) is 8.12. The summed E-state index contributed by atoms with van der Waals surface area (Å²) in [5, 5.41) is 2.20. The molecule has 1 aliphatic rings. The highest BCUT2D eigenvalue weighted by Crippen LogP contribution is 2.36. The number of aromatic nitrogens is 1. The summed E-state index contributed by atoms with van der Waals surface area (Å²) < 4.78 is 10.9. The number of fused-ring (bicyclic) bond motifs is 2. The number of hydrogen-bond acceptors (Lipinski definition) is 4. The quantitative estimate of drug-likeness (QED) is 0.735. The Bertz CT molecular complexity index is 892. The maximum absolute atomic E-state index is 5.47. The Morgan fingerprint density at radius 3 is 2.50 bits per heavy atom. The van der Waals surface area contributed by atoms with E-state index in [0.29, 0.717) is 0 Å². The summed E-state index contributed by atoms with van der Waals surface area (Å²) in [5.74, 6) is 2.48. The van der Waals surface area contributed by atoms with Crippen molar-refractivity contribution in [1.29, 1.82) is 0 Å². The van der Waals surface area contributed by atoms with E-state index in [2.05, 4.69) is 34.1 Å². The van der Waals surface area contributed by atoms with Crippen LogP contribution in [0.2, 0.25) is 0 Å². The maximum atomic E-state index is 5.47. The number of anilines is 1. The highest BCUT2D eigenvalue weighted by molar-refractivity contribution is 5.94. The van der Waals surface area contributed by atoms with E-state index < -0.39 is 0 Å². The highest BCUT2D eigenvalue weighted by atomic mass is 16.5. The van der Waals surface area contributed by atoms with E-state index in [1.807, 2.05) is 24.4 Å². The molecule has 4 rings (SSSR count). The van der Waals surface area contributed by atoms with Crippen molar-refractivity contribution < 1.29 is 9.47 Å². The highest BCUT2D eigenvalue weighted by Gasteiger charge is 2.19. The van der Waals surface area contributed by atoms with Crippen molar-refractivity contribution in [1.82, 2.24) is 4.98 Å². The number of methoxy groups -OCH3 is 2. The molecule has 4 nitrogen and oxygen atoms in total. The molecule has 122 valence electrons. The fourth-order valence-corrected chi connectivity index (χ4v) is 3.41. The Hall–Kier alpha value is -2.75. The van der Waals surface area contributed by atoms with Crippen molar-refractivity contribution in [2.75, 3.05) is 25.7 Å². The van der Waals surface area contributed by atoms with Crippen LogP contribution in [0.1, 0.15) is 11.1 Å². The standard InChI is InChI=1S/C20H20N2O2/c1-23-18-11-15-7-9-21-20(17(15)12-19(18)24-2)22-10-8-14-5-3-4-6-16(14)13-22/h3-7,9,11-12H,8,10,13H2,1-2H3. The van der Waals surface area contributed by atoms with Gasteiger partial charge in [-0.25, -0.2) is 4.98 Å². The van der Waals surface area contributed by atoms with Crippen molar-refractivity contribution in [3.05, 3.63) is 59.8 Å². The van der Waals surface area contributed by atoms with E-state index in [9.17, 15) is 0 Å². The minimum Gasteiger partial charge on any atom is -0.493 e. The minimum absolute atomic E-state index is 0.733. The summed E-state index contributed by atoms with van der Waals surface area (Å²) >= 11 is 0. The van der Waals surface area contributed by atoms with Crippen LogP contribution < -0.4 is 14.4 Å². The van der Waals surface area contributed by atoms with Crippen LogP contribution >= 0.6 is 0 Å². The third kappa shape index (κ3) is 2.44. The van der Waals surface area contributed by atoms with Gasteiger partial charge in [0.05, 0.1) is 14.2 Å². The molecule has 1 aliphatic heterocycles. The van der Waals surface area contributed by atoms with E-state index >= 15 is 0 Å². The number of rotatable bonds is 3. The van der Waals surface area contributed by atoms with Gasteiger partial charge in [-0.15, -0.1) is 0 Å². The molecule has 2 aromatic carbocycles. The average molecular weight is 320 g/mol. The van der Waals surface area contributed by atoms with E-state index in [1.54, 1.807) is 14.2 Å². The van der Waals surface area contributed by atoms with Crippen molar-refractivity contribution in [2.45, 2.75) is 13.0 Å². The van der Waals surface area contributed by atoms with Crippen molar-refractivity contribution in [2.24, 2.45) is 0 Å². The zero-order valence-electron chi connectivity index (χ0n) is 14.0. The summed E-state index contributed by atoms with van der Waals surface area (Å²) in [6.45, 7) is 1.86. The summed E-state index contributed by atoms with van der Waals surface area (Å²) in [5.41, 5.74) is 2.82. The Labute approximate surface area is 141 Å². The molecule has 0 bridgehead atoms. The first kappa shape index (κ1) is 14.8. The maximum Gasteiger partial charge on any atom is 0.161 e. The Morgan fingerprint density at radius 1 is 0.958 bits per heavy atom. The molecular weight excluding hydrogens is 300 g/mol. The third-order valence-corrected chi connectivity index (χ3v) is 4.68. The van der Waals surface area contributed by atoms with Crippen LogP contribution in [0.3, 0.4) is 0 Å². The van der Waals surface area contributed by atoms with Gasteiger partial charge in [-0.2, -0.15) is 0 Å². The molecule has 0 N–H and O–H groups in total. The van der Waals surface area contributed by atoms with E-state index in [-0.39, 0.29) is 0 Å². The predicted molar refractivity (Wildman–Crippen MR) is 96.0 cm³/mol. The van der Waals surface area contributed by atoms with Gasteiger partial charge in [0.25, 0.3) is 0 Å². The molecule has 0 amide bonds. The van der Waals surface area contributed by atoms with Gasteiger partial charge in [0.2, 0.25) is 0 Å². The van der Waals surface area contributed by atoms with Gasteiger partial charge in [-0.1, -0.05) is 24.3 Å². The van der Waals surface area contributed by atoms with E-state index in [4.69, 9.17) is 9.47 Å². The second-order valence-electron chi connectivity index (χ2n) is 6.00. The van der Waals surface area contributed by atoms with Crippen molar-refractivity contribution in [3.8, 4) is 11.5 Å². The van der Waals surface area contributed by atoms with Crippen LogP contribution in [-0.4, -0.2) is 25.7 Å². The van der Waals surface area contributed by atoms with Gasteiger partial charge in [0.1, 0.15) is 5.82 Å². The molecule has 0 saturated heterocycles. The molecule has 4 heteroatoms. The van der Waals surface area contributed by atoms with Crippen LogP contribution in [0.4, 0.5) is 5.82 Å². The van der Waals surface area contributed by atoms with Gasteiger partial charge in [-0.3, -0.25) is 0 Å². The van der Waals surface area contributed by atoms with Crippen LogP contribution in [0.5, 0.6) is 11.5 Å². The van der Waals surface area contributed by atoms with Crippen LogP contribution in [0, 0.1) is 0 Å². The molecule has 0 radical (unpaired) electrons. The van der Waals surface area contributed by atoms with Gasteiger partial charge >= 0.3 is 0 Å². The largest absolute Gasteiger partial charge is 0.493 e. The first-order valence-electron chi connectivity index (χ1n) is 8.12. The fourth-order valence-electron chi connectivity index (χ4n) is 3.41. The zero-order valence-corrected chi connectivity index (χ0v) is 14.0. The van der Waals surface area contributed by atoms with Gasteiger partial charge in [-0.05, 0) is 41.1 Å². The summed E-state index contributed by atoms with van der Waals surface area (Å²) in [7, 11) is 3.32. The lowest BCUT2D eigenvalue weighted by Gasteiger charge is -2.30. The first-order chi connectivity index (χ1) is 11.8. The molecule has 0 spiro atoms. The number of nitrogens with zero attached hydrogens (tertiary/aromatic N) is 2. The molecule has 0 aliphatic carbocycles. The SMILES string of the molecule is COc1cc2ccnc(N3CCc4ccccc4C3)c2cc1OC. The monoisotopic (exact) mass is 320 g/mol. The number of pyridine rings is 1. The topological polar surface area (TPSA) is 34.6 Å². The molecule has 3 aromatic rings. The second-order valence-corrected chi connectivity index (χ2v) is 6.00. The van der Waals surface area contributed by atoms with Gasteiger partial charge in [0.15, 0.2) is 11.5 Å². The van der Waals surface area contributed by atoms with Crippen LogP contribution in [0.15, 0.2) is 48.7 Å². The van der Waals surface area contributed by atoms with Crippen LogP contribution in [-0.2, 0) is 13.0 Å². The predicted octanol–water partition coefficient (Wildman–Crippen LogP) is 3.81. The smallest absolute Gasteiger partial charge is 0.161 e. The van der Waals surface area contributed by atoms with E-state index in [1.165, 1.54) is 11.1 Å². The summed E-state index contributed by atoms with van der Waals surface area (Å²) in [6, 6.07) is 14.7. The lowest BCUT2D eigenvalue weighted by Crippen LogP contribution is -2.31. The minimum atomic E-state index is 0.733. The average Bonchev–Trinajstić information content (AvgIpc) is 2.65. The molecule has 1 aromatic heterocycles. The Kier molecular flexibility index (Phi) is 3.73. The summed E-state index contributed by atoms with van der Waals surface area (Å²) in [6.07, 6.45) is 2.91. The van der Waals surface area contributed by atoms with Crippen molar-refractivity contribution in [3.63, 3.8) is 0 Å². The molecule has 24 heavy (non-hydrogen) atoms. The molecular formula is C20H20N2O2. The molecule has 0 fully saturated rings. The lowest BCUT2D eigenvalue weighted by atomic mass is 9.99. The lowest BCUT2D eigenvalue weighted by molar-refractivity contribution is 0.356. The van der Waals surface area contributed by atoms with E-state index in [0.717, 1.165) is 47.6 Å². The number of hydrogen-bond donors (Lipinski definition) is 0. The van der Waals surface area contributed by atoms with Crippen molar-refractivity contribution >= 4 is 16.6 Å². The molecule has 0 atom stereocenters. The Balaban J connectivity index is 1.80. The molecule has 0 unspecified atom stereocenters. The summed E-state index contributed by atoms with van der Waals surface area (Å²) in [4.78, 5) is 7.01. The van der Waals surface area contributed by atoms with Crippen LogP contribution in [0.25, 0.3) is 10.8 Å². The zero-order chi connectivity index (χ0) is 16.5. The molecule has 0 saturated carbocycles. The van der Waals surface area contributed by atoms with Gasteiger partial charge < -0.3 is 14.4 Å². The Morgan fingerprint density at radius 2 is 1.71 bits per heavy atom. The normalized spacial score (nSPS) is 13.7. The number of ether oxygens (including phenoxy) is 2. The fraction of sp³-hybridized carbons (Fsp3) is 0.250. The van der Waals surface area contributed by atoms with Gasteiger partial charge in [0, 0.05) is 24.7 Å². The number of benzene rings is 2.